The van der Waals surface area contributed by atoms with Crippen molar-refractivity contribution in [3.8, 4) is 11.1 Å². The highest BCUT2D eigenvalue weighted by Gasteiger charge is 2.30. The number of alkyl halides is 3. The maximum atomic E-state index is 12.9. The van der Waals surface area contributed by atoms with Crippen molar-refractivity contribution >= 4 is 28.9 Å². The number of benzene rings is 3. The van der Waals surface area contributed by atoms with E-state index in [4.69, 9.17) is 4.74 Å². The predicted molar refractivity (Wildman–Crippen MR) is 123 cm³/mol. The Morgan fingerprint density at radius 1 is 1.03 bits per heavy atom. The van der Waals surface area contributed by atoms with Gasteiger partial charge in [-0.2, -0.15) is 13.2 Å². The number of ether oxygens (including phenoxy) is 1. The van der Waals surface area contributed by atoms with Gasteiger partial charge in [-0.15, -0.1) is 0 Å². The standard InChI is InChI=1S/C24H20F3N3O5/c1-2-35-22(31)14-28-20-12-11-17(13-21(20)30(33)34)29-23(32)19-6-4-3-5-18(19)15-7-9-16(10-8-15)24(25,26)27/h3-13,28H,2,14H2,1H3,(H,29,32). The summed E-state index contributed by atoms with van der Waals surface area (Å²) in [5.41, 5.74) is -0.0549. The van der Waals surface area contributed by atoms with Crippen molar-refractivity contribution in [2.75, 3.05) is 23.8 Å². The van der Waals surface area contributed by atoms with Gasteiger partial charge in [0.1, 0.15) is 12.2 Å². The molecule has 0 heterocycles. The summed E-state index contributed by atoms with van der Waals surface area (Å²) in [7, 11) is 0. The summed E-state index contributed by atoms with van der Waals surface area (Å²) >= 11 is 0. The molecule has 3 aromatic carbocycles. The molecule has 0 aliphatic carbocycles. The molecule has 0 radical (unpaired) electrons. The highest BCUT2D eigenvalue weighted by Crippen LogP contribution is 2.32. The SMILES string of the molecule is CCOC(=O)CNc1ccc(NC(=O)c2ccccc2-c2ccc(C(F)(F)F)cc2)cc1[N+](=O)[O-]. The average Bonchev–Trinajstić information content (AvgIpc) is 2.83. The quantitative estimate of drug-likeness (QED) is 0.246. The Hall–Kier alpha value is -4.41. The van der Waals surface area contributed by atoms with Crippen LogP contribution in [-0.4, -0.2) is 30.0 Å². The van der Waals surface area contributed by atoms with Gasteiger partial charge in [0.05, 0.1) is 17.1 Å². The van der Waals surface area contributed by atoms with Crippen LogP contribution in [0, 0.1) is 10.1 Å². The van der Waals surface area contributed by atoms with E-state index in [0.29, 0.717) is 11.1 Å². The molecule has 0 atom stereocenters. The van der Waals surface area contributed by atoms with Crippen molar-refractivity contribution in [1.82, 2.24) is 0 Å². The zero-order chi connectivity index (χ0) is 25.6. The number of rotatable bonds is 8. The summed E-state index contributed by atoms with van der Waals surface area (Å²) in [4.78, 5) is 35.3. The molecule has 0 unspecified atom stereocenters. The van der Waals surface area contributed by atoms with Gasteiger partial charge >= 0.3 is 12.1 Å². The van der Waals surface area contributed by atoms with Crippen molar-refractivity contribution in [2.45, 2.75) is 13.1 Å². The van der Waals surface area contributed by atoms with Crippen LogP contribution in [0.15, 0.2) is 66.7 Å². The number of nitrogens with zero attached hydrogens (tertiary/aromatic N) is 1. The number of nitro benzene ring substituents is 1. The molecule has 35 heavy (non-hydrogen) atoms. The number of amides is 1. The van der Waals surface area contributed by atoms with Crippen molar-refractivity contribution < 1.29 is 32.4 Å². The Balaban J connectivity index is 1.83. The van der Waals surface area contributed by atoms with E-state index >= 15 is 0 Å². The number of nitrogens with one attached hydrogen (secondary N) is 2. The Kier molecular flexibility index (Phi) is 7.69. The summed E-state index contributed by atoms with van der Waals surface area (Å²) in [6.07, 6.45) is -4.48. The fourth-order valence-electron chi connectivity index (χ4n) is 3.26. The fourth-order valence-corrected chi connectivity index (χ4v) is 3.26. The van der Waals surface area contributed by atoms with Crippen molar-refractivity contribution in [3.05, 3.63) is 88.0 Å². The Morgan fingerprint density at radius 3 is 2.34 bits per heavy atom. The van der Waals surface area contributed by atoms with Crippen LogP contribution in [0.3, 0.4) is 0 Å². The van der Waals surface area contributed by atoms with Crippen molar-refractivity contribution in [3.63, 3.8) is 0 Å². The molecule has 1 amide bonds. The van der Waals surface area contributed by atoms with E-state index in [1.165, 1.54) is 30.3 Å². The Morgan fingerprint density at radius 2 is 1.71 bits per heavy atom. The molecule has 0 aliphatic heterocycles. The number of anilines is 2. The molecule has 2 N–H and O–H groups in total. The van der Waals surface area contributed by atoms with Gasteiger partial charge in [-0.25, -0.2) is 0 Å². The second-order valence-electron chi connectivity index (χ2n) is 7.22. The van der Waals surface area contributed by atoms with Crippen LogP contribution in [-0.2, 0) is 15.7 Å². The minimum absolute atomic E-state index is 0.0613. The second kappa shape index (κ2) is 10.7. The number of hydrogen-bond donors (Lipinski definition) is 2. The van der Waals surface area contributed by atoms with E-state index in [2.05, 4.69) is 10.6 Å². The molecule has 0 spiro atoms. The van der Waals surface area contributed by atoms with Gasteiger partial charge in [0, 0.05) is 17.3 Å². The molecule has 0 saturated heterocycles. The number of halogens is 3. The first-order chi connectivity index (χ1) is 16.6. The lowest BCUT2D eigenvalue weighted by atomic mass is 9.98. The lowest BCUT2D eigenvalue weighted by Gasteiger charge is -2.13. The summed E-state index contributed by atoms with van der Waals surface area (Å²) < 4.78 is 43.4. The molecule has 0 saturated carbocycles. The molecule has 0 aromatic heterocycles. The zero-order valence-electron chi connectivity index (χ0n) is 18.4. The summed E-state index contributed by atoms with van der Waals surface area (Å²) in [6, 6.07) is 14.6. The third-order valence-electron chi connectivity index (χ3n) is 4.88. The highest BCUT2D eigenvalue weighted by atomic mass is 19.4. The molecule has 11 heteroatoms. The number of carbonyl (C=O) groups excluding carboxylic acids is 2. The molecule has 3 aromatic rings. The molecule has 0 fully saturated rings. The minimum Gasteiger partial charge on any atom is -0.465 e. The largest absolute Gasteiger partial charge is 0.465 e. The van der Waals surface area contributed by atoms with Crippen LogP contribution in [0.5, 0.6) is 0 Å². The molecule has 8 nitrogen and oxygen atoms in total. The number of carbonyl (C=O) groups is 2. The van der Waals surface area contributed by atoms with E-state index < -0.39 is 28.5 Å². The first-order valence-electron chi connectivity index (χ1n) is 10.4. The van der Waals surface area contributed by atoms with Crippen molar-refractivity contribution in [1.29, 1.82) is 0 Å². The van der Waals surface area contributed by atoms with Gasteiger partial charge < -0.3 is 15.4 Å². The normalized spacial score (nSPS) is 11.0. The van der Waals surface area contributed by atoms with E-state index in [9.17, 15) is 32.9 Å². The van der Waals surface area contributed by atoms with Gasteiger partial charge in [0.25, 0.3) is 11.6 Å². The Labute approximate surface area is 197 Å². The second-order valence-corrected chi connectivity index (χ2v) is 7.22. The maximum Gasteiger partial charge on any atom is 0.416 e. The third-order valence-corrected chi connectivity index (χ3v) is 4.88. The van der Waals surface area contributed by atoms with Gasteiger partial charge in [-0.1, -0.05) is 30.3 Å². The van der Waals surface area contributed by atoms with E-state index in [-0.39, 0.29) is 35.8 Å². The third kappa shape index (κ3) is 6.34. The smallest absolute Gasteiger partial charge is 0.416 e. The predicted octanol–water partition coefficient (Wildman–Crippen LogP) is 5.51. The van der Waals surface area contributed by atoms with Crippen LogP contribution >= 0.6 is 0 Å². The fraction of sp³-hybridized carbons (Fsp3) is 0.167. The van der Waals surface area contributed by atoms with Crippen LogP contribution in [0.2, 0.25) is 0 Å². The summed E-state index contributed by atoms with van der Waals surface area (Å²) in [5.74, 6) is -1.19. The van der Waals surface area contributed by atoms with Crippen LogP contribution in [0.4, 0.5) is 30.2 Å². The Bertz CT molecular complexity index is 1240. The van der Waals surface area contributed by atoms with Crippen LogP contribution in [0.25, 0.3) is 11.1 Å². The highest BCUT2D eigenvalue weighted by molar-refractivity contribution is 6.09. The number of esters is 1. The van der Waals surface area contributed by atoms with Crippen molar-refractivity contribution in [2.24, 2.45) is 0 Å². The molecule has 0 aliphatic rings. The summed E-state index contributed by atoms with van der Waals surface area (Å²) in [5, 5.41) is 16.7. The van der Waals surface area contributed by atoms with Crippen LogP contribution < -0.4 is 10.6 Å². The lowest BCUT2D eigenvalue weighted by Crippen LogP contribution is -2.17. The number of nitro groups is 1. The van der Waals surface area contributed by atoms with Crippen LogP contribution in [0.1, 0.15) is 22.8 Å². The number of hydrogen-bond acceptors (Lipinski definition) is 6. The molecule has 0 bridgehead atoms. The first kappa shape index (κ1) is 25.2. The molecular formula is C24H20F3N3O5. The molecular weight excluding hydrogens is 467 g/mol. The van der Waals surface area contributed by atoms with E-state index in [0.717, 1.165) is 18.2 Å². The maximum absolute atomic E-state index is 12.9. The lowest BCUT2D eigenvalue weighted by molar-refractivity contribution is -0.383. The van der Waals surface area contributed by atoms with Gasteiger partial charge in [0.15, 0.2) is 0 Å². The molecule has 182 valence electrons. The monoisotopic (exact) mass is 487 g/mol. The van der Waals surface area contributed by atoms with Gasteiger partial charge in [-0.3, -0.25) is 19.7 Å². The average molecular weight is 487 g/mol. The van der Waals surface area contributed by atoms with E-state index in [1.54, 1.807) is 25.1 Å². The van der Waals surface area contributed by atoms with Gasteiger partial charge in [-0.05, 0) is 48.4 Å². The topological polar surface area (TPSA) is 111 Å². The zero-order valence-corrected chi connectivity index (χ0v) is 18.4. The summed E-state index contributed by atoms with van der Waals surface area (Å²) in [6.45, 7) is 1.52. The van der Waals surface area contributed by atoms with E-state index in [1.807, 2.05) is 0 Å². The first-order valence-corrected chi connectivity index (χ1v) is 10.4. The van der Waals surface area contributed by atoms with Gasteiger partial charge in [0.2, 0.25) is 0 Å². The minimum atomic E-state index is -4.48. The molecule has 3 rings (SSSR count).